The zero-order valence-corrected chi connectivity index (χ0v) is 14.3. The summed E-state index contributed by atoms with van der Waals surface area (Å²) in [6.07, 6.45) is 9.03. The van der Waals surface area contributed by atoms with E-state index < -0.39 is 0 Å². The molecule has 3 saturated heterocycles. The molecule has 3 fully saturated rings. The second-order valence-corrected chi connectivity index (χ2v) is 7.69. The van der Waals surface area contributed by atoms with Gasteiger partial charge in [-0.25, -0.2) is 0 Å². The van der Waals surface area contributed by atoms with E-state index in [9.17, 15) is 4.79 Å². The average molecular weight is 307 g/mol. The maximum atomic E-state index is 12.6. The number of carbonyl (C=O) groups is 1. The van der Waals surface area contributed by atoms with Crippen LogP contribution in [0.5, 0.6) is 0 Å². The first-order valence-corrected chi connectivity index (χ1v) is 9.46. The molecule has 4 nitrogen and oxygen atoms in total. The molecule has 3 aliphatic heterocycles. The highest BCUT2D eigenvalue weighted by atomic mass is 16.2. The van der Waals surface area contributed by atoms with E-state index in [-0.39, 0.29) is 0 Å². The number of nitrogens with zero attached hydrogens (tertiary/aromatic N) is 3. The smallest absolute Gasteiger partial charge is 0.236 e. The van der Waals surface area contributed by atoms with Gasteiger partial charge in [-0.15, -0.1) is 0 Å². The Balaban J connectivity index is 1.46. The summed E-state index contributed by atoms with van der Waals surface area (Å²) in [7, 11) is 0. The van der Waals surface area contributed by atoms with Crippen molar-refractivity contribution in [2.45, 2.75) is 57.9 Å². The second-order valence-electron chi connectivity index (χ2n) is 7.69. The van der Waals surface area contributed by atoms with E-state index in [1.165, 1.54) is 64.6 Å². The van der Waals surface area contributed by atoms with Crippen molar-refractivity contribution in [1.82, 2.24) is 14.7 Å². The zero-order valence-electron chi connectivity index (χ0n) is 14.3. The van der Waals surface area contributed by atoms with Crippen LogP contribution >= 0.6 is 0 Å². The third kappa shape index (κ3) is 4.23. The highest BCUT2D eigenvalue weighted by Gasteiger charge is 2.30. The van der Waals surface area contributed by atoms with E-state index in [2.05, 4.69) is 21.6 Å². The van der Waals surface area contributed by atoms with Gasteiger partial charge < -0.3 is 9.80 Å². The Hall–Kier alpha value is -0.610. The molecule has 22 heavy (non-hydrogen) atoms. The Labute approximate surface area is 135 Å². The molecule has 3 heterocycles. The molecule has 126 valence electrons. The van der Waals surface area contributed by atoms with Crippen LogP contribution in [0.4, 0.5) is 0 Å². The maximum Gasteiger partial charge on any atom is 0.236 e. The number of hydrogen-bond acceptors (Lipinski definition) is 3. The fourth-order valence-corrected chi connectivity index (χ4v) is 4.28. The van der Waals surface area contributed by atoms with Crippen LogP contribution in [-0.2, 0) is 4.79 Å². The van der Waals surface area contributed by atoms with Crippen molar-refractivity contribution in [3.63, 3.8) is 0 Å². The van der Waals surface area contributed by atoms with E-state index in [0.29, 0.717) is 18.5 Å². The normalized spacial score (nSPS) is 29.1. The third-order valence-electron chi connectivity index (χ3n) is 5.89. The number of rotatable bonds is 4. The van der Waals surface area contributed by atoms with Crippen LogP contribution in [0.15, 0.2) is 0 Å². The van der Waals surface area contributed by atoms with Gasteiger partial charge in [-0.3, -0.25) is 9.69 Å². The van der Waals surface area contributed by atoms with Gasteiger partial charge in [0.25, 0.3) is 0 Å². The molecule has 1 atom stereocenters. The number of hydrogen-bond donors (Lipinski definition) is 0. The molecule has 0 aromatic heterocycles. The minimum atomic E-state index is 0.373. The van der Waals surface area contributed by atoms with Gasteiger partial charge in [0.1, 0.15) is 0 Å². The molecule has 4 heteroatoms. The molecule has 0 N–H and O–H groups in total. The van der Waals surface area contributed by atoms with Gasteiger partial charge in [-0.2, -0.15) is 0 Å². The van der Waals surface area contributed by atoms with Crippen molar-refractivity contribution in [3.05, 3.63) is 0 Å². The van der Waals surface area contributed by atoms with Gasteiger partial charge in [-0.05, 0) is 64.1 Å². The zero-order chi connectivity index (χ0) is 15.4. The highest BCUT2D eigenvalue weighted by molar-refractivity contribution is 5.78. The van der Waals surface area contributed by atoms with Crippen LogP contribution in [0.25, 0.3) is 0 Å². The van der Waals surface area contributed by atoms with Gasteiger partial charge in [0.2, 0.25) is 5.91 Å². The van der Waals surface area contributed by atoms with Gasteiger partial charge in [0, 0.05) is 25.7 Å². The van der Waals surface area contributed by atoms with E-state index in [1.807, 2.05) is 0 Å². The highest BCUT2D eigenvalue weighted by Crippen LogP contribution is 2.21. The van der Waals surface area contributed by atoms with Crippen LogP contribution in [0.2, 0.25) is 0 Å². The van der Waals surface area contributed by atoms with Crippen molar-refractivity contribution < 1.29 is 4.79 Å². The molecular formula is C18H33N3O. The van der Waals surface area contributed by atoms with Crippen LogP contribution in [0, 0.1) is 5.92 Å². The molecule has 0 radical (unpaired) electrons. The predicted molar refractivity (Wildman–Crippen MR) is 89.9 cm³/mol. The SMILES string of the molecule is CC1CCN(C(=O)CN2CCC[C@H]2CN2CCCCC2)CC1. The first-order valence-electron chi connectivity index (χ1n) is 9.46. The Kier molecular flexibility index (Phi) is 5.75. The van der Waals surface area contributed by atoms with Gasteiger partial charge >= 0.3 is 0 Å². The quantitative estimate of drug-likeness (QED) is 0.796. The third-order valence-corrected chi connectivity index (χ3v) is 5.89. The Morgan fingerprint density at radius 2 is 1.64 bits per heavy atom. The first kappa shape index (κ1) is 16.3. The summed E-state index contributed by atoms with van der Waals surface area (Å²) >= 11 is 0. The molecule has 1 amide bonds. The molecule has 3 aliphatic rings. The number of piperidine rings is 2. The van der Waals surface area contributed by atoms with Gasteiger partial charge in [-0.1, -0.05) is 13.3 Å². The number of amides is 1. The molecule has 0 saturated carbocycles. The van der Waals surface area contributed by atoms with E-state index in [4.69, 9.17) is 0 Å². The van der Waals surface area contributed by atoms with Crippen LogP contribution in [0.3, 0.4) is 0 Å². The van der Waals surface area contributed by atoms with Crippen molar-refractivity contribution in [3.8, 4) is 0 Å². The maximum absolute atomic E-state index is 12.6. The molecule has 0 aliphatic carbocycles. The first-order chi connectivity index (χ1) is 10.7. The van der Waals surface area contributed by atoms with Crippen LogP contribution < -0.4 is 0 Å². The van der Waals surface area contributed by atoms with Crippen molar-refractivity contribution in [2.24, 2.45) is 5.92 Å². The second kappa shape index (κ2) is 7.78. The van der Waals surface area contributed by atoms with Gasteiger partial charge in [0.05, 0.1) is 6.54 Å². The summed E-state index contributed by atoms with van der Waals surface area (Å²) in [6.45, 7) is 9.75. The molecule has 0 bridgehead atoms. The summed E-state index contributed by atoms with van der Waals surface area (Å²) in [5.74, 6) is 1.17. The lowest BCUT2D eigenvalue weighted by atomic mass is 9.99. The number of carbonyl (C=O) groups excluding carboxylic acids is 1. The lowest BCUT2D eigenvalue weighted by Gasteiger charge is -2.35. The molecule has 0 aromatic rings. The molecule has 0 spiro atoms. The standard InChI is InChI=1S/C18H33N3O/c1-16-7-12-20(13-8-16)18(22)15-21-11-5-6-17(21)14-19-9-3-2-4-10-19/h16-17H,2-15H2,1H3/t17-/m0/s1. The van der Waals surface area contributed by atoms with Crippen molar-refractivity contribution >= 4 is 5.91 Å². The lowest BCUT2D eigenvalue weighted by Crippen LogP contribution is -2.48. The van der Waals surface area contributed by atoms with E-state index in [0.717, 1.165) is 25.6 Å². The molecule has 0 unspecified atom stereocenters. The lowest BCUT2D eigenvalue weighted by molar-refractivity contribution is -0.134. The minimum Gasteiger partial charge on any atom is -0.342 e. The van der Waals surface area contributed by atoms with Crippen molar-refractivity contribution in [2.75, 3.05) is 45.8 Å². The van der Waals surface area contributed by atoms with E-state index >= 15 is 0 Å². The minimum absolute atomic E-state index is 0.373. The number of likely N-dealkylation sites (tertiary alicyclic amines) is 3. The summed E-state index contributed by atoms with van der Waals surface area (Å²) in [4.78, 5) is 19.8. The molecule has 0 aromatic carbocycles. The average Bonchev–Trinajstić information content (AvgIpc) is 2.96. The summed E-state index contributed by atoms with van der Waals surface area (Å²) < 4.78 is 0. The van der Waals surface area contributed by atoms with Gasteiger partial charge in [0.15, 0.2) is 0 Å². The van der Waals surface area contributed by atoms with E-state index in [1.54, 1.807) is 0 Å². The Morgan fingerprint density at radius 1 is 0.909 bits per heavy atom. The fraction of sp³-hybridized carbons (Fsp3) is 0.944. The summed E-state index contributed by atoms with van der Waals surface area (Å²) in [5, 5.41) is 0. The molecule has 3 rings (SSSR count). The summed E-state index contributed by atoms with van der Waals surface area (Å²) in [6, 6.07) is 0.616. The fourth-order valence-electron chi connectivity index (χ4n) is 4.28. The Morgan fingerprint density at radius 3 is 2.36 bits per heavy atom. The topological polar surface area (TPSA) is 26.8 Å². The predicted octanol–water partition coefficient (Wildman–Crippen LogP) is 2.20. The molecular weight excluding hydrogens is 274 g/mol. The van der Waals surface area contributed by atoms with Crippen LogP contribution in [-0.4, -0.2) is 72.5 Å². The van der Waals surface area contributed by atoms with Crippen LogP contribution in [0.1, 0.15) is 51.9 Å². The monoisotopic (exact) mass is 307 g/mol. The summed E-state index contributed by atoms with van der Waals surface area (Å²) in [5.41, 5.74) is 0. The van der Waals surface area contributed by atoms with Crippen molar-refractivity contribution in [1.29, 1.82) is 0 Å². The largest absolute Gasteiger partial charge is 0.342 e. The Bertz CT molecular complexity index is 359.